The van der Waals surface area contributed by atoms with Crippen molar-refractivity contribution in [2.75, 3.05) is 27.3 Å². The number of methoxy groups -OCH3 is 1. The fraction of sp³-hybridized carbons (Fsp3) is 0.318. The SMILES string of the molecule is COc1ccc(-c2n[nH]c(=S)n2CC(=O)N(C)CCOc2cc(C)cc(C)c2)cc1. The molecule has 1 aromatic heterocycles. The minimum Gasteiger partial charge on any atom is -0.497 e. The molecule has 0 aliphatic rings. The normalized spacial score (nSPS) is 10.7. The maximum atomic E-state index is 12.7. The second-order valence-electron chi connectivity index (χ2n) is 7.15. The number of aromatic amines is 1. The first kappa shape index (κ1) is 21.6. The number of carbonyl (C=O) groups is 1. The molecule has 0 radical (unpaired) electrons. The molecule has 158 valence electrons. The Kier molecular flexibility index (Phi) is 6.89. The highest BCUT2D eigenvalue weighted by molar-refractivity contribution is 7.71. The summed E-state index contributed by atoms with van der Waals surface area (Å²) in [5.74, 6) is 2.09. The maximum Gasteiger partial charge on any atom is 0.242 e. The van der Waals surface area contributed by atoms with Crippen LogP contribution in [0.2, 0.25) is 0 Å². The van der Waals surface area contributed by atoms with Crippen LogP contribution in [-0.2, 0) is 11.3 Å². The predicted molar refractivity (Wildman–Crippen MR) is 118 cm³/mol. The van der Waals surface area contributed by atoms with E-state index < -0.39 is 0 Å². The van der Waals surface area contributed by atoms with Crippen LogP contribution in [0, 0.1) is 18.6 Å². The van der Waals surface area contributed by atoms with E-state index in [0.29, 0.717) is 23.7 Å². The van der Waals surface area contributed by atoms with Crippen molar-refractivity contribution in [1.82, 2.24) is 19.7 Å². The molecule has 0 saturated carbocycles. The van der Waals surface area contributed by atoms with Crippen molar-refractivity contribution < 1.29 is 14.3 Å². The maximum absolute atomic E-state index is 12.7. The first-order valence-corrected chi connectivity index (χ1v) is 10.0. The molecule has 0 spiro atoms. The van der Waals surface area contributed by atoms with Crippen molar-refractivity contribution in [2.24, 2.45) is 0 Å². The van der Waals surface area contributed by atoms with Gasteiger partial charge in [0.05, 0.1) is 13.7 Å². The van der Waals surface area contributed by atoms with Gasteiger partial charge in [0.1, 0.15) is 24.7 Å². The summed E-state index contributed by atoms with van der Waals surface area (Å²) in [5, 5.41) is 7.05. The summed E-state index contributed by atoms with van der Waals surface area (Å²) in [6.07, 6.45) is 0. The van der Waals surface area contributed by atoms with Gasteiger partial charge in [0.25, 0.3) is 0 Å². The summed E-state index contributed by atoms with van der Waals surface area (Å²) in [6, 6.07) is 13.5. The number of ether oxygens (including phenoxy) is 2. The second-order valence-corrected chi connectivity index (χ2v) is 7.54. The van der Waals surface area contributed by atoms with Crippen LogP contribution in [0.5, 0.6) is 11.5 Å². The van der Waals surface area contributed by atoms with Gasteiger partial charge in [-0.3, -0.25) is 14.5 Å². The molecule has 1 heterocycles. The summed E-state index contributed by atoms with van der Waals surface area (Å²) in [4.78, 5) is 14.4. The predicted octanol–water partition coefficient (Wildman–Crippen LogP) is 3.77. The average molecular weight is 427 g/mol. The van der Waals surface area contributed by atoms with E-state index in [1.807, 2.05) is 50.2 Å². The number of nitrogens with zero attached hydrogens (tertiary/aromatic N) is 3. The lowest BCUT2D eigenvalue weighted by molar-refractivity contribution is -0.130. The van der Waals surface area contributed by atoms with E-state index in [2.05, 4.69) is 16.3 Å². The highest BCUT2D eigenvalue weighted by atomic mass is 32.1. The van der Waals surface area contributed by atoms with Crippen LogP contribution < -0.4 is 9.47 Å². The van der Waals surface area contributed by atoms with Crippen molar-refractivity contribution in [3.8, 4) is 22.9 Å². The third-order valence-electron chi connectivity index (χ3n) is 4.72. The molecule has 0 saturated heterocycles. The first-order chi connectivity index (χ1) is 14.4. The number of rotatable bonds is 8. The van der Waals surface area contributed by atoms with Crippen LogP contribution in [0.1, 0.15) is 11.1 Å². The topological polar surface area (TPSA) is 72.4 Å². The van der Waals surface area contributed by atoms with Gasteiger partial charge in [-0.1, -0.05) is 6.07 Å². The second kappa shape index (κ2) is 9.58. The van der Waals surface area contributed by atoms with Crippen LogP contribution in [0.25, 0.3) is 11.4 Å². The Morgan fingerprint density at radius 3 is 2.43 bits per heavy atom. The van der Waals surface area contributed by atoms with Gasteiger partial charge in [-0.05, 0) is 73.6 Å². The smallest absolute Gasteiger partial charge is 0.242 e. The highest BCUT2D eigenvalue weighted by Gasteiger charge is 2.15. The van der Waals surface area contributed by atoms with Gasteiger partial charge in [0, 0.05) is 12.6 Å². The zero-order valence-electron chi connectivity index (χ0n) is 17.6. The quantitative estimate of drug-likeness (QED) is 0.555. The van der Waals surface area contributed by atoms with E-state index in [1.54, 1.807) is 23.6 Å². The van der Waals surface area contributed by atoms with E-state index >= 15 is 0 Å². The number of H-pyrrole nitrogens is 1. The molecule has 0 fully saturated rings. The van der Waals surface area contributed by atoms with E-state index in [9.17, 15) is 4.79 Å². The molecule has 7 nitrogen and oxygen atoms in total. The number of amides is 1. The third kappa shape index (κ3) is 5.27. The van der Waals surface area contributed by atoms with Crippen molar-refractivity contribution in [3.63, 3.8) is 0 Å². The molecule has 0 bridgehead atoms. The Balaban J connectivity index is 1.62. The number of hydrogen-bond donors (Lipinski definition) is 1. The van der Waals surface area contributed by atoms with E-state index in [1.165, 1.54) is 0 Å². The highest BCUT2D eigenvalue weighted by Crippen LogP contribution is 2.21. The van der Waals surface area contributed by atoms with Gasteiger partial charge in [-0.25, -0.2) is 0 Å². The molecule has 0 unspecified atom stereocenters. The molecule has 0 aliphatic heterocycles. The van der Waals surface area contributed by atoms with Crippen LogP contribution in [0.15, 0.2) is 42.5 Å². The molecule has 30 heavy (non-hydrogen) atoms. The van der Waals surface area contributed by atoms with Crippen molar-refractivity contribution >= 4 is 18.1 Å². The Bertz CT molecular complexity index is 1050. The molecule has 0 atom stereocenters. The van der Waals surface area contributed by atoms with Gasteiger partial charge < -0.3 is 14.4 Å². The van der Waals surface area contributed by atoms with Gasteiger partial charge in [-0.2, -0.15) is 5.10 Å². The zero-order valence-corrected chi connectivity index (χ0v) is 18.5. The van der Waals surface area contributed by atoms with E-state index in [0.717, 1.165) is 28.2 Å². The first-order valence-electron chi connectivity index (χ1n) is 9.62. The van der Waals surface area contributed by atoms with Gasteiger partial charge >= 0.3 is 0 Å². The van der Waals surface area contributed by atoms with Crippen molar-refractivity contribution in [3.05, 3.63) is 58.4 Å². The molecule has 0 aliphatic carbocycles. The Hall–Kier alpha value is -3.13. The summed E-state index contributed by atoms with van der Waals surface area (Å²) in [6.45, 7) is 5.04. The zero-order chi connectivity index (χ0) is 21.7. The molecule has 3 rings (SSSR count). The third-order valence-corrected chi connectivity index (χ3v) is 5.03. The minimum absolute atomic E-state index is 0.0775. The summed E-state index contributed by atoms with van der Waals surface area (Å²) in [7, 11) is 3.37. The standard InChI is InChI=1S/C22H26N4O3S/c1-15-11-16(2)13-19(12-15)29-10-9-25(3)20(27)14-26-21(23-24-22(26)30)17-5-7-18(28-4)8-6-17/h5-8,11-13H,9-10,14H2,1-4H3,(H,24,30). The monoisotopic (exact) mass is 426 g/mol. The molecular weight excluding hydrogens is 400 g/mol. The number of benzene rings is 2. The molecule has 1 amide bonds. The fourth-order valence-electron chi connectivity index (χ4n) is 3.12. The van der Waals surface area contributed by atoms with Crippen LogP contribution >= 0.6 is 12.2 Å². The summed E-state index contributed by atoms with van der Waals surface area (Å²) >= 11 is 5.33. The number of carbonyl (C=O) groups excluding carboxylic acids is 1. The Morgan fingerprint density at radius 2 is 1.80 bits per heavy atom. The lowest BCUT2D eigenvalue weighted by Crippen LogP contribution is -2.33. The van der Waals surface area contributed by atoms with Gasteiger partial charge in [0.15, 0.2) is 10.6 Å². The number of nitrogens with one attached hydrogen (secondary N) is 1. The minimum atomic E-state index is -0.0775. The van der Waals surface area contributed by atoms with E-state index in [-0.39, 0.29) is 12.5 Å². The molecular formula is C22H26N4O3S. The fourth-order valence-corrected chi connectivity index (χ4v) is 3.32. The summed E-state index contributed by atoms with van der Waals surface area (Å²) < 4.78 is 13.1. The number of aryl methyl sites for hydroxylation is 2. The van der Waals surface area contributed by atoms with E-state index in [4.69, 9.17) is 21.7 Å². The lowest BCUT2D eigenvalue weighted by Gasteiger charge is -2.18. The largest absolute Gasteiger partial charge is 0.497 e. The molecule has 8 heteroatoms. The lowest BCUT2D eigenvalue weighted by atomic mass is 10.1. The summed E-state index contributed by atoms with van der Waals surface area (Å²) in [5.41, 5.74) is 3.14. The van der Waals surface area contributed by atoms with Crippen LogP contribution in [0.4, 0.5) is 0 Å². The number of hydrogen-bond acceptors (Lipinski definition) is 5. The van der Waals surface area contributed by atoms with Gasteiger partial charge in [0.2, 0.25) is 5.91 Å². The number of likely N-dealkylation sites (N-methyl/N-ethyl adjacent to an activating group) is 1. The van der Waals surface area contributed by atoms with Crippen LogP contribution in [0.3, 0.4) is 0 Å². The Labute approximate surface area is 181 Å². The van der Waals surface area contributed by atoms with Crippen molar-refractivity contribution in [1.29, 1.82) is 0 Å². The van der Waals surface area contributed by atoms with Crippen molar-refractivity contribution in [2.45, 2.75) is 20.4 Å². The average Bonchev–Trinajstić information content (AvgIpc) is 3.07. The molecule has 1 N–H and O–H groups in total. The molecule has 3 aromatic rings. The van der Waals surface area contributed by atoms with Gasteiger partial charge in [-0.15, -0.1) is 0 Å². The number of aromatic nitrogens is 3. The van der Waals surface area contributed by atoms with Crippen LogP contribution in [-0.4, -0.2) is 52.9 Å². The molecule has 2 aromatic carbocycles. The Morgan fingerprint density at radius 1 is 1.13 bits per heavy atom.